The molecule has 0 saturated heterocycles. The van der Waals surface area contributed by atoms with Crippen molar-refractivity contribution in [2.24, 2.45) is 0 Å². The zero-order valence-corrected chi connectivity index (χ0v) is 7.98. The lowest BCUT2D eigenvalue weighted by Gasteiger charge is -2.06. The Morgan fingerprint density at radius 3 is 2.67 bits per heavy atom. The molecule has 1 aromatic carbocycles. The summed E-state index contributed by atoms with van der Waals surface area (Å²) in [5, 5.41) is 9.63. The monoisotopic (exact) mass is 204 g/mol. The summed E-state index contributed by atoms with van der Waals surface area (Å²) in [4.78, 5) is 20.7. The van der Waals surface area contributed by atoms with Gasteiger partial charge in [0, 0.05) is 5.56 Å². The first-order valence-electron chi connectivity index (χ1n) is 4.05. The van der Waals surface area contributed by atoms with Crippen LogP contribution in [-0.2, 0) is 4.79 Å². The number of carbonyl (C=O) groups is 2. The standard InChI is InChI=1S/C11H8O4/c1-15-10-5-4-8(7-13)9(11(10)14)3-2-6-12/h4-7,14H,1H3. The average Bonchev–Trinajstić information content (AvgIpc) is 2.27. The summed E-state index contributed by atoms with van der Waals surface area (Å²) in [6.45, 7) is 0. The molecule has 0 aliphatic carbocycles. The minimum Gasteiger partial charge on any atom is -0.503 e. The first-order valence-corrected chi connectivity index (χ1v) is 4.05. The summed E-state index contributed by atoms with van der Waals surface area (Å²) in [7, 11) is 1.38. The third-order valence-electron chi connectivity index (χ3n) is 1.78. The topological polar surface area (TPSA) is 63.6 Å². The Labute approximate surface area is 86.5 Å². The van der Waals surface area contributed by atoms with Crippen LogP contribution in [0.15, 0.2) is 12.1 Å². The van der Waals surface area contributed by atoms with E-state index in [1.54, 1.807) is 0 Å². The molecule has 0 spiro atoms. The number of aromatic hydroxyl groups is 1. The van der Waals surface area contributed by atoms with Crippen LogP contribution in [0.3, 0.4) is 0 Å². The zero-order valence-electron chi connectivity index (χ0n) is 7.98. The molecule has 76 valence electrons. The molecule has 0 amide bonds. The number of hydrogen-bond acceptors (Lipinski definition) is 4. The Morgan fingerprint density at radius 2 is 2.13 bits per heavy atom. The molecular formula is C11H8O4. The number of rotatable bonds is 2. The maximum atomic E-state index is 10.6. The molecule has 1 aromatic rings. The number of methoxy groups -OCH3 is 1. The van der Waals surface area contributed by atoms with Gasteiger partial charge in [-0.05, 0) is 18.1 Å². The van der Waals surface area contributed by atoms with Crippen molar-refractivity contribution in [3.63, 3.8) is 0 Å². The summed E-state index contributed by atoms with van der Waals surface area (Å²) >= 11 is 0. The normalized spacial score (nSPS) is 8.60. The van der Waals surface area contributed by atoms with E-state index >= 15 is 0 Å². The summed E-state index contributed by atoms with van der Waals surface area (Å²) in [5.41, 5.74) is 0.305. The van der Waals surface area contributed by atoms with Crippen LogP contribution < -0.4 is 4.74 Å². The minimum atomic E-state index is -0.239. The predicted molar refractivity (Wildman–Crippen MR) is 53.0 cm³/mol. The molecule has 0 radical (unpaired) electrons. The van der Waals surface area contributed by atoms with Gasteiger partial charge < -0.3 is 9.84 Å². The van der Waals surface area contributed by atoms with E-state index in [0.29, 0.717) is 12.6 Å². The van der Waals surface area contributed by atoms with Gasteiger partial charge in [-0.25, -0.2) is 0 Å². The van der Waals surface area contributed by atoms with Gasteiger partial charge in [-0.3, -0.25) is 9.59 Å². The maximum Gasteiger partial charge on any atom is 0.193 e. The van der Waals surface area contributed by atoms with Gasteiger partial charge in [0.25, 0.3) is 0 Å². The molecule has 0 unspecified atom stereocenters. The van der Waals surface area contributed by atoms with Crippen molar-refractivity contribution in [1.29, 1.82) is 0 Å². The van der Waals surface area contributed by atoms with Gasteiger partial charge in [-0.2, -0.15) is 0 Å². The van der Waals surface area contributed by atoms with Crippen molar-refractivity contribution < 1.29 is 19.4 Å². The van der Waals surface area contributed by atoms with Crippen molar-refractivity contribution in [2.75, 3.05) is 7.11 Å². The van der Waals surface area contributed by atoms with E-state index < -0.39 is 0 Å². The van der Waals surface area contributed by atoms with E-state index in [1.807, 2.05) is 0 Å². The van der Waals surface area contributed by atoms with Gasteiger partial charge >= 0.3 is 0 Å². The van der Waals surface area contributed by atoms with Crippen LogP contribution in [0.4, 0.5) is 0 Å². The quantitative estimate of drug-likeness (QED) is 0.570. The first kappa shape index (κ1) is 10.8. The van der Waals surface area contributed by atoms with Crippen LogP contribution >= 0.6 is 0 Å². The van der Waals surface area contributed by atoms with Crippen molar-refractivity contribution in [1.82, 2.24) is 0 Å². The third kappa shape index (κ3) is 2.15. The van der Waals surface area contributed by atoms with Crippen LogP contribution in [0.5, 0.6) is 11.5 Å². The van der Waals surface area contributed by atoms with E-state index in [2.05, 4.69) is 11.8 Å². The highest BCUT2D eigenvalue weighted by Crippen LogP contribution is 2.30. The van der Waals surface area contributed by atoms with Crippen molar-refractivity contribution in [2.45, 2.75) is 0 Å². The van der Waals surface area contributed by atoms with Gasteiger partial charge in [0.05, 0.1) is 12.7 Å². The highest BCUT2D eigenvalue weighted by Gasteiger charge is 2.10. The highest BCUT2D eigenvalue weighted by molar-refractivity contribution is 5.84. The number of ether oxygens (including phenoxy) is 1. The smallest absolute Gasteiger partial charge is 0.193 e. The SMILES string of the molecule is COc1ccc(C=O)c(C#CC=O)c1O. The fraction of sp³-hybridized carbons (Fsp3) is 0.0909. The second kappa shape index (κ2) is 4.82. The second-order valence-corrected chi connectivity index (χ2v) is 2.59. The van der Waals surface area contributed by atoms with E-state index in [1.165, 1.54) is 19.2 Å². The molecule has 0 aromatic heterocycles. The molecule has 0 heterocycles. The summed E-state index contributed by atoms with van der Waals surface area (Å²) < 4.78 is 4.84. The number of hydrogen-bond donors (Lipinski definition) is 1. The van der Waals surface area contributed by atoms with Gasteiger partial charge in [0.2, 0.25) is 0 Å². The van der Waals surface area contributed by atoms with Crippen LogP contribution in [0.25, 0.3) is 0 Å². The third-order valence-corrected chi connectivity index (χ3v) is 1.78. The number of phenols is 1. The van der Waals surface area contributed by atoms with Gasteiger partial charge in [-0.15, -0.1) is 0 Å². The Balaban J connectivity index is 3.41. The van der Waals surface area contributed by atoms with Crippen LogP contribution in [-0.4, -0.2) is 24.8 Å². The lowest BCUT2D eigenvalue weighted by atomic mass is 10.1. The molecule has 0 aliphatic heterocycles. The molecule has 4 heteroatoms. The molecule has 0 fully saturated rings. The number of benzene rings is 1. The molecule has 0 bridgehead atoms. The largest absolute Gasteiger partial charge is 0.503 e. The lowest BCUT2D eigenvalue weighted by Crippen LogP contribution is -1.92. The Kier molecular flexibility index (Phi) is 3.47. The van der Waals surface area contributed by atoms with Gasteiger partial charge in [0.1, 0.15) is 0 Å². The van der Waals surface area contributed by atoms with E-state index in [4.69, 9.17) is 4.74 Å². The predicted octanol–water partition coefficient (Wildman–Crippen LogP) is 0.764. The number of phenolic OH excluding ortho intramolecular Hbond substituents is 1. The van der Waals surface area contributed by atoms with Crippen LogP contribution in [0.2, 0.25) is 0 Å². The summed E-state index contributed by atoms with van der Waals surface area (Å²) in [5.74, 6) is 4.47. The molecule has 0 aliphatic rings. The Hall–Kier alpha value is -2.28. The number of carbonyl (C=O) groups excluding carboxylic acids is 2. The van der Waals surface area contributed by atoms with E-state index in [9.17, 15) is 14.7 Å². The van der Waals surface area contributed by atoms with E-state index in [0.717, 1.165) is 0 Å². The van der Waals surface area contributed by atoms with Crippen molar-refractivity contribution >= 4 is 12.6 Å². The highest BCUT2D eigenvalue weighted by atomic mass is 16.5. The fourth-order valence-electron chi connectivity index (χ4n) is 1.08. The Morgan fingerprint density at radius 1 is 1.40 bits per heavy atom. The molecule has 0 saturated carbocycles. The maximum absolute atomic E-state index is 10.6. The minimum absolute atomic E-state index is 0.0939. The Bertz CT molecular complexity index is 452. The molecule has 4 nitrogen and oxygen atoms in total. The fourth-order valence-corrected chi connectivity index (χ4v) is 1.08. The van der Waals surface area contributed by atoms with Gasteiger partial charge in [-0.1, -0.05) is 5.92 Å². The summed E-state index contributed by atoms with van der Waals surface area (Å²) in [6, 6.07) is 2.91. The van der Waals surface area contributed by atoms with Crippen LogP contribution in [0.1, 0.15) is 15.9 Å². The van der Waals surface area contributed by atoms with Crippen LogP contribution in [0, 0.1) is 11.8 Å². The van der Waals surface area contributed by atoms with Gasteiger partial charge in [0.15, 0.2) is 24.1 Å². The zero-order chi connectivity index (χ0) is 11.3. The van der Waals surface area contributed by atoms with Crippen molar-refractivity contribution in [3.05, 3.63) is 23.3 Å². The average molecular weight is 204 g/mol. The first-order chi connectivity index (χ1) is 7.24. The second-order valence-electron chi connectivity index (χ2n) is 2.59. The number of aldehydes is 2. The molecule has 1 N–H and O–H groups in total. The molecule has 15 heavy (non-hydrogen) atoms. The molecule has 1 rings (SSSR count). The molecular weight excluding hydrogens is 196 g/mol. The molecule has 0 atom stereocenters. The van der Waals surface area contributed by atoms with Crippen molar-refractivity contribution in [3.8, 4) is 23.3 Å². The summed E-state index contributed by atoms with van der Waals surface area (Å²) in [6.07, 6.45) is 0.932. The lowest BCUT2D eigenvalue weighted by molar-refractivity contribution is -0.103. The van der Waals surface area contributed by atoms with E-state index in [-0.39, 0.29) is 22.6 Å².